The lowest BCUT2D eigenvalue weighted by atomic mass is 10.1. The topological polar surface area (TPSA) is 99.0 Å². The Morgan fingerprint density at radius 1 is 1.48 bits per heavy atom. The molecule has 2 rings (SSSR count). The Labute approximate surface area is 125 Å². The average molecular weight is 309 g/mol. The fourth-order valence-corrected chi connectivity index (χ4v) is 2.38. The number of hydrogen-bond donors (Lipinski definition) is 1. The first-order valence-corrected chi connectivity index (χ1v) is 7.12. The summed E-state index contributed by atoms with van der Waals surface area (Å²) in [6.07, 6.45) is 1.60. The van der Waals surface area contributed by atoms with Gasteiger partial charge < -0.3 is 10.1 Å². The highest BCUT2D eigenvalue weighted by molar-refractivity contribution is 7.13. The number of nitrogens with zero attached hydrogens (tertiary/aromatic N) is 4. The lowest BCUT2D eigenvalue weighted by Crippen LogP contribution is -2.21. The standard InChI is InChI=1S/C12H15N5O3S/c1-7(2)10-9(11(19)20-3)15-16-17(10)6-8(18)14-12-13-4-5-21-12/h4-5,7H,6H2,1-3H3,(H,13,14,18). The van der Waals surface area contributed by atoms with Gasteiger partial charge in [0.05, 0.1) is 12.8 Å². The summed E-state index contributed by atoms with van der Waals surface area (Å²) in [7, 11) is 1.28. The first-order valence-electron chi connectivity index (χ1n) is 6.24. The fourth-order valence-electron chi connectivity index (χ4n) is 1.83. The van der Waals surface area contributed by atoms with Crippen molar-refractivity contribution in [3.05, 3.63) is 23.0 Å². The number of methoxy groups -OCH3 is 1. The van der Waals surface area contributed by atoms with Crippen molar-refractivity contribution in [1.82, 2.24) is 20.0 Å². The molecule has 0 fully saturated rings. The highest BCUT2D eigenvalue weighted by Gasteiger charge is 2.23. The van der Waals surface area contributed by atoms with E-state index in [1.165, 1.54) is 23.1 Å². The minimum atomic E-state index is -0.565. The predicted molar refractivity (Wildman–Crippen MR) is 76.2 cm³/mol. The van der Waals surface area contributed by atoms with Gasteiger partial charge in [0, 0.05) is 11.6 Å². The first kappa shape index (κ1) is 15.1. The molecule has 0 saturated carbocycles. The third-order valence-electron chi connectivity index (χ3n) is 2.67. The minimum Gasteiger partial charge on any atom is -0.464 e. The summed E-state index contributed by atoms with van der Waals surface area (Å²) in [6.45, 7) is 3.73. The second-order valence-corrected chi connectivity index (χ2v) is 5.41. The minimum absolute atomic E-state index is 0.0261. The van der Waals surface area contributed by atoms with E-state index >= 15 is 0 Å². The Hall–Kier alpha value is -2.29. The zero-order valence-electron chi connectivity index (χ0n) is 11.9. The zero-order chi connectivity index (χ0) is 15.4. The Morgan fingerprint density at radius 3 is 2.81 bits per heavy atom. The maximum atomic E-state index is 12.0. The van der Waals surface area contributed by atoms with Crippen LogP contribution in [-0.4, -0.2) is 39.0 Å². The summed E-state index contributed by atoms with van der Waals surface area (Å²) in [5.74, 6) is -0.875. The number of aromatic nitrogens is 4. The lowest BCUT2D eigenvalue weighted by Gasteiger charge is -2.09. The van der Waals surface area contributed by atoms with Crippen LogP contribution >= 0.6 is 11.3 Å². The quantitative estimate of drug-likeness (QED) is 0.835. The smallest absolute Gasteiger partial charge is 0.360 e. The van der Waals surface area contributed by atoms with Gasteiger partial charge in [0.2, 0.25) is 5.91 Å². The van der Waals surface area contributed by atoms with Gasteiger partial charge in [0.1, 0.15) is 6.54 Å². The van der Waals surface area contributed by atoms with E-state index in [0.717, 1.165) is 0 Å². The van der Waals surface area contributed by atoms with E-state index in [1.54, 1.807) is 11.6 Å². The van der Waals surface area contributed by atoms with Gasteiger partial charge in [-0.25, -0.2) is 14.5 Å². The molecule has 0 atom stereocenters. The van der Waals surface area contributed by atoms with E-state index in [9.17, 15) is 9.59 Å². The molecule has 9 heteroatoms. The molecule has 8 nitrogen and oxygen atoms in total. The summed E-state index contributed by atoms with van der Waals surface area (Å²) in [5.41, 5.74) is 0.700. The molecule has 2 aromatic heterocycles. The van der Waals surface area contributed by atoms with E-state index < -0.39 is 5.97 Å². The van der Waals surface area contributed by atoms with Crippen molar-refractivity contribution in [2.45, 2.75) is 26.3 Å². The Kier molecular flexibility index (Phi) is 4.63. The van der Waals surface area contributed by atoms with Crippen LogP contribution in [0.5, 0.6) is 0 Å². The number of nitrogens with one attached hydrogen (secondary N) is 1. The number of anilines is 1. The van der Waals surface area contributed by atoms with Crippen LogP contribution in [0.1, 0.15) is 35.9 Å². The molecular formula is C12H15N5O3S. The average Bonchev–Trinajstić information content (AvgIpc) is 3.07. The van der Waals surface area contributed by atoms with Gasteiger partial charge >= 0.3 is 5.97 Å². The van der Waals surface area contributed by atoms with Gasteiger partial charge in [-0.3, -0.25) is 4.79 Å². The number of amides is 1. The number of rotatable bonds is 5. The van der Waals surface area contributed by atoms with Crippen LogP contribution in [0, 0.1) is 0 Å². The van der Waals surface area contributed by atoms with Crippen LogP contribution in [-0.2, 0) is 16.1 Å². The third-order valence-corrected chi connectivity index (χ3v) is 3.36. The van der Waals surface area contributed by atoms with Crippen molar-refractivity contribution < 1.29 is 14.3 Å². The van der Waals surface area contributed by atoms with E-state index in [-0.39, 0.29) is 24.1 Å². The maximum absolute atomic E-state index is 12.0. The van der Waals surface area contributed by atoms with Gasteiger partial charge in [-0.1, -0.05) is 19.1 Å². The molecule has 2 aromatic rings. The van der Waals surface area contributed by atoms with Crippen molar-refractivity contribution in [1.29, 1.82) is 0 Å². The fraction of sp³-hybridized carbons (Fsp3) is 0.417. The Balaban J connectivity index is 2.18. The number of carbonyl (C=O) groups excluding carboxylic acids is 2. The van der Waals surface area contributed by atoms with Gasteiger partial charge in [0.25, 0.3) is 0 Å². The number of thiazole rings is 1. The highest BCUT2D eigenvalue weighted by Crippen LogP contribution is 2.18. The molecule has 0 radical (unpaired) electrons. The Bertz CT molecular complexity index is 635. The van der Waals surface area contributed by atoms with Crippen molar-refractivity contribution >= 4 is 28.3 Å². The van der Waals surface area contributed by atoms with Crippen molar-refractivity contribution in [3.8, 4) is 0 Å². The van der Waals surface area contributed by atoms with E-state index in [1.807, 2.05) is 13.8 Å². The maximum Gasteiger partial charge on any atom is 0.360 e. The monoisotopic (exact) mass is 309 g/mol. The molecule has 0 aliphatic heterocycles. The molecule has 0 aliphatic rings. The van der Waals surface area contributed by atoms with Crippen LogP contribution in [0.4, 0.5) is 5.13 Å². The van der Waals surface area contributed by atoms with E-state index in [2.05, 4.69) is 25.3 Å². The summed E-state index contributed by atoms with van der Waals surface area (Å²) in [6, 6.07) is 0. The number of hydrogen-bond acceptors (Lipinski definition) is 7. The first-order chi connectivity index (χ1) is 10.0. The number of ether oxygens (including phenoxy) is 1. The molecule has 0 unspecified atom stereocenters. The molecule has 0 spiro atoms. The van der Waals surface area contributed by atoms with E-state index in [4.69, 9.17) is 0 Å². The molecule has 2 heterocycles. The van der Waals surface area contributed by atoms with Crippen molar-refractivity contribution in [2.75, 3.05) is 12.4 Å². The lowest BCUT2D eigenvalue weighted by molar-refractivity contribution is -0.117. The van der Waals surface area contributed by atoms with Crippen LogP contribution in [0.3, 0.4) is 0 Å². The largest absolute Gasteiger partial charge is 0.464 e. The molecule has 1 N–H and O–H groups in total. The summed E-state index contributed by atoms with van der Waals surface area (Å²) < 4.78 is 6.07. The van der Waals surface area contributed by atoms with Gasteiger partial charge in [-0.15, -0.1) is 16.4 Å². The predicted octanol–water partition coefficient (Wildman–Crippen LogP) is 1.28. The van der Waals surface area contributed by atoms with Gasteiger partial charge in [-0.05, 0) is 5.92 Å². The van der Waals surface area contributed by atoms with Crippen LogP contribution in [0.2, 0.25) is 0 Å². The normalized spacial score (nSPS) is 10.7. The zero-order valence-corrected chi connectivity index (χ0v) is 12.7. The summed E-state index contributed by atoms with van der Waals surface area (Å²) in [4.78, 5) is 27.6. The second-order valence-electron chi connectivity index (χ2n) is 4.51. The van der Waals surface area contributed by atoms with Crippen molar-refractivity contribution in [2.24, 2.45) is 0 Å². The van der Waals surface area contributed by atoms with Crippen LogP contribution in [0.25, 0.3) is 0 Å². The van der Waals surface area contributed by atoms with Crippen LogP contribution in [0.15, 0.2) is 11.6 Å². The molecule has 0 aromatic carbocycles. The Morgan fingerprint density at radius 2 is 2.24 bits per heavy atom. The molecular weight excluding hydrogens is 294 g/mol. The molecule has 112 valence electrons. The molecule has 0 saturated heterocycles. The molecule has 0 aliphatic carbocycles. The van der Waals surface area contributed by atoms with Gasteiger partial charge in [0.15, 0.2) is 10.8 Å². The summed E-state index contributed by atoms with van der Waals surface area (Å²) in [5, 5.41) is 12.6. The number of carbonyl (C=O) groups is 2. The SMILES string of the molecule is COC(=O)c1nnn(CC(=O)Nc2nccs2)c1C(C)C. The molecule has 1 amide bonds. The summed E-state index contributed by atoms with van der Waals surface area (Å²) >= 11 is 1.32. The van der Waals surface area contributed by atoms with E-state index in [0.29, 0.717) is 10.8 Å². The van der Waals surface area contributed by atoms with Crippen molar-refractivity contribution in [3.63, 3.8) is 0 Å². The highest BCUT2D eigenvalue weighted by atomic mass is 32.1. The van der Waals surface area contributed by atoms with Gasteiger partial charge in [-0.2, -0.15) is 0 Å². The third kappa shape index (κ3) is 3.43. The molecule has 21 heavy (non-hydrogen) atoms. The molecule has 0 bridgehead atoms. The number of esters is 1. The second kappa shape index (κ2) is 6.44. The van der Waals surface area contributed by atoms with Crippen LogP contribution < -0.4 is 5.32 Å².